The Kier molecular flexibility index (Phi) is 3.12. The zero-order valence-corrected chi connectivity index (χ0v) is 11.8. The number of carbonyl (C=O) groups excluding carboxylic acids is 2. The van der Waals surface area contributed by atoms with E-state index in [1.165, 1.54) is 0 Å². The lowest BCUT2D eigenvalue weighted by Gasteiger charge is -2.38. The van der Waals surface area contributed by atoms with Crippen LogP contribution < -0.4 is 0 Å². The Morgan fingerprint density at radius 3 is 2.55 bits per heavy atom. The minimum Gasteiger partial charge on any atom is -0.342 e. The van der Waals surface area contributed by atoms with E-state index >= 15 is 0 Å². The highest BCUT2D eigenvalue weighted by atomic mass is 16.2. The lowest BCUT2D eigenvalue weighted by Crippen LogP contribution is -2.58. The van der Waals surface area contributed by atoms with Crippen LogP contribution in [0.15, 0.2) is 30.3 Å². The van der Waals surface area contributed by atoms with E-state index in [2.05, 4.69) is 0 Å². The van der Waals surface area contributed by atoms with Gasteiger partial charge in [-0.05, 0) is 12.5 Å². The van der Waals surface area contributed by atoms with E-state index in [4.69, 9.17) is 0 Å². The first-order valence-corrected chi connectivity index (χ1v) is 6.94. The number of rotatable bonds is 2. The Balaban J connectivity index is 1.78. The van der Waals surface area contributed by atoms with Crippen LogP contribution >= 0.6 is 0 Å². The van der Waals surface area contributed by atoms with Crippen LogP contribution in [0.2, 0.25) is 0 Å². The third-order valence-electron chi connectivity index (χ3n) is 4.17. The van der Waals surface area contributed by atoms with Crippen LogP contribution in [0.1, 0.15) is 12.5 Å². The molecule has 0 bridgehead atoms. The topological polar surface area (TPSA) is 43.9 Å². The van der Waals surface area contributed by atoms with Crippen LogP contribution in [0.5, 0.6) is 0 Å². The fraction of sp³-hybridized carbons (Fsp3) is 0.467. The molecule has 1 aromatic rings. The molecule has 0 aromatic heterocycles. The summed E-state index contributed by atoms with van der Waals surface area (Å²) in [5, 5.41) is 0. The van der Waals surface area contributed by atoms with Gasteiger partial charge in [0.1, 0.15) is 6.04 Å². The molecule has 0 spiro atoms. The number of piperazine rings is 1. The number of likely N-dealkylation sites (N-methyl/N-ethyl adjacent to an activating group) is 1. The Morgan fingerprint density at radius 1 is 1.15 bits per heavy atom. The maximum absolute atomic E-state index is 12.5. The van der Waals surface area contributed by atoms with Crippen LogP contribution in [0.25, 0.3) is 0 Å². The normalized spacial score (nSPS) is 26.2. The number of urea groups is 1. The van der Waals surface area contributed by atoms with E-state index in [1.807, 2.05) is 42.2 Å². The number of hydrogen-bond acceptors (Lipinski definition) is 2. The summed E-state index contributed by atoms with van der Waals surface area (Å²) < 4.78 is 0. The first-order valence-electron chi connectivity index (χ1n) is 6.94. The summed E-state index contributed by atoms with van der Waals surface area (Å²) in [4.78, 5) is 29.8. The van der Waals surface area contributed by atoms with Crippen molar-refractivity contribution in [2.24, 2.45) is 0 Å². The predicted molar refractivity (Wildman–Crippen MR) is 75.0 cm³/mol. The average molecular weight is 273 g/mol. The van der Waals surface area contributed by atoms with Gasteiger partial charge in [-0.2, -0.15) is 0 Å². The van der Waals surface area contributed by atoms with E-state index in [0.717, 1.165) is 5.56 Å². The molecule has 2 atom stereocenters. The summed E-state index contributed by atoms with van der Waals surface area (Å²) in [5.41, 5.74) is 1.12. The van der Waals surface area contributed by atoms with Crippen LogP contribution in [0.4, 0.5) is 4.79 Å². The number of fused-ring (bicyclic) bond motifs is 1. The molecule has 2 saturated heterocycles. The van der Waals surface area contributed by atoms with Gasteiger partial charge in [0.05, 0.1) is 6.04 Å². The number of amides is 3. The summed E-state index contributed by atoms with van der Waals surface area (Å²) in [6.07, 6.45) is 0. The van der Waals surface area contributed by atoms with Crippen molar-refractivity contribution < 1.29 is 9.59 Å². The molecule has 0 N–H and O–H groups in total. The second-order valence-corrected chi connectivity index (χ2v) is 5.60. The fourth-order valence-electron chi connectivity index (χ4n) is 3.15. The number of benzene rings is 1. The summed E-state index contributed by atoms with van der Waals surface area (Å²) in [6.45, 7) is 3.74. The van der Waals surface area contributed by atoms with Crippen LogP contribution in [-0.2, 0) is 11.3 Å². The molecule has 2 aliphatic heterocycles. The van der Waals surface area contributed by atoms with Gasteiger partial charge < -0.3 is 14.7 Å². The minimum atomic E-state index is -0.355. The standard InChI is InChI=1S/C15H19N3O2/c1-11-14(19)16(2)9-13-10-17(15(20)18(11)13)8-12-6-4-3-5-7-12/h3-7,11,13H,8-10H2,1-2H3/t11-,13-/m0/s1. The Hall–Kier alpha value is -2.04. The van der Waals surface area contributed by atoms with Gasteiger partial charge in [0.15, 0.2) is 0 Å². The molecular weight excluding hydrogens is 254 g/mol. The highest BCUT2D eigenvalue weighted by molar-refractivity contribution is 5.89. The molecule has 5 nitrogen and oxygen atoms in total. The second kappa shape index (κ2) is 4.81. The minimum absolute atomic E-state index is 0.0206. The molecule has 0 saturated carbocycles. The molecule has 1 aromatic carbocycles. The van der Waals surface area contributed by atoms with Crippen molar-refractivity contribution in [3.63, 3.8) is 0 Å². The van der Waals surface area contributed by atoms with Crippen LogP contribution in [0, 0.1) is 0 Å². The molecule has 20 heavy (non-hydrogen) atoms. The molecule has 2 aliphatic rings. The first-order chi connectivity index (χ1) is 9.58. The molecular formula is C15H19N3O2. The van der Waals surface area contributed by atoms with Crippen LogP contribution in [-0.4, -0.2) is 58.9 Å². The molecule has 0 unspecified atom stereocenters. The van der Waals surface area contributed by atoms with Gasteiger partial charge in [-0.25, -0.2) is 4.79 Å². The Morgan fingerprint density at radius 2 is 1.85 bits per heavy atom. The van der Waals surface area contributed by atoms with Gasteiger partial charge in [0, 0.05) is 26.7 Å². The summed E-state index contributed by atoms with van der Waals surface area (Å²) in [5.74, 6) is 0.0242. The molecule has 2 fully saturated rings. The molecule has 106 valence electrons. The summed E-state index contributed by atoms with van der Waals surface area (Å²) in [6, 6.07) is 9.70. The van der Waals surface area contributed by atoms with Gasteiger partial charge >= 0.3 is 6.03 Å². The highest BCUT2D eigenvalue weighted by Crippen LogP contribution is 2.26. The smallest absolute Gasteiger partial charge is 0.321 e. The maximum Gasteiger partial charge on any atom is 0.321 e. The molecule has 3 amide bonds. The first kappa shape index (κ1) is 13.0. The van der Waals surface area contributed by atoms with Gasteiger partial charge in [0.25, 0.3) is 0 Å². The second-order valence-electron chi connectivity index (χ2n) is 5.60. The van der Waals surface area contributed by atoms with Crippen molar-refractivity contribution in [1.82, 2.24) is 14.7 Å². The number of hydrogen-bond donors (Lipinski definition) is 0. The summed E-state index contributed by atoms with van der Waals surface area (Å²) in [7, 11) is 1.81. The van der Waals surface area contributed by atoms with Gasteiger partial charge in [-0.3, -0.25) is 4.79 Å². The molecule has 3 rings (SSSR count). The SMILES string of the molecule is C[C@H]1C(=O)N(C)C[C@H]2CN(Cc3ccccc3)C(=O)N21. The van der Waals surface area contributed by atoms with Gasteiger partial charge in [-0.1, -0.05) is 30.3 Å². The molecule has 0 aliphatic carbocycles. The predicted octanol–water partition coefficient (Wildman–Crippen LogP) is 1.15. The van der Waals surface area contributed by atoms with Crippen LogP contribution in [0.3, 0.4) is 0 Å². The zero-order chi connectivity index (χ0) is 14.3. The lowest BCUT2D eigenvalue weighted by atomic mass is 10.1. The molecule has 2 heterocycles. The summed E-state index contributed by atoms with van der Waals surface area (Å²) >= 11 is 0. The van der Waals surface area contributed by atoms with Gasteiger partial charge in [0.2, 0.25) is 5.91 Å². The van der Waals surface area contributed by atoms with Crippen molar-refractivity contribution in [3.8, 4) is 0 Å². The largest absolute Gasteiger partial charge is 0.342 e. The van der Waals surface area contributed by atoms with Crippen molar-refractivity contribution in [3.05, 3.63) is 35.9 Å². The van der Waals surface area contributed by atoms with Crippen molar-refractivity contribution in [1.29, 1.82) is 0 Å². The lowest BCUT2D eigenvalue weighted by molar-refractivity contribution is -0.139. The van der Waals surface area contributed by atoms with E-state index in [9.17, 15) is 9.59 Å². The highest BCUT2D eigenvalue weighted by Gasteiger charge is 2.46. The third-order valence-corrected chi connectivity index (χ3v) is 4.17. The van der Waals surface area contributed by atoms with Crippen molar-refractivity contribution in [2.75, 3.05) is 20.1 Å². The fourth-order valence-corrected chi connectivity index (χ4v) is 3.15. The maximum atomic E-state index is 12.5. The number of carbonyl (C=O) groups is 2. The van der Waals surface area contributed by atoms with Gasteiger partial charge in [-0.15, -0.1) is 0 Å². The monoisotopic (exact) mass is 273 g/mol. The van der Waals surface area contributed by atoms with Crippen molar-refractivity contribution in [2.45, 2.75) is 25.6 Å². The Labute approximate surface area is 118 Å². The van der Waals surface area contributed by atoms with E-state index in [1.54, 1.807) is 16.8 Å². The van der Waals surface area contributed by atoms with Crippen molar-refractivity contribution >= 4 is 11.9 Å². The number of nitrogens with zero attached hydrogens (tertiary/aromatic N) is 3. The molecule has 5 heteroatoms. The van der Waals surface area contributed by atoms with E-state index in [-0.39, 0.29) is 24.0 Å². The van der Waals surface area contributed by atoms with E-state index in [0.29, 0.717) is 19.6 Å². The third kappa shape index (κ3) is 2.03. The average Bonchev–Trinajstić information content (AvgIpc) is 2.74. The van der Waals surface area contributed by atoms with E-state index < -0.39 is 0 Å². The quantitative estimate of drug-likeness (QED) is 0.811. The molecule has 0 radical (unpaired) electrons. The Bertz CT molecular complexity index is 531. The zero-order valence-electron chi connectivity index (χ0n) is 11.8.